The van der Waals surface area contributed by atoms with Crippen molar-refractivity contribution in [3.05, 3.63) is 64.3 Å². The van der Waals surface area contributed by atoms with Crippen LogP contribution in [0.5, 0.6) is 0 Å². The Balaban J connectivity index is 2.02. The summed E-state index contributed by atoms with van der Waals surface area (Å²) in [6.07, 6.45) is 1.30. The van der Waals surface area contributed by atoms with Crippen LogP contribution in [0, 0.1) is 10.1 Å². The second kappa shape index (κ2) is 5.57. The van der Waals surface area contributed by atoms with Gasteiger partial charge in [0.05, 0.1) is 22.5 Å². The molecule has 0 unspecified atom stereocenters. The molecule has 7 nitrogen and oxygen atoms in total. The van der Waals surface area contributed by atoms with Crippen LogP contribution in [0.2, 0.25) is 0 Å². The highest BCUT2D eigenvalue weighted by molar-refractivity contribution is 6.04. The predicted molar refractivity (Wildman–Crippen MR) is 84.1 cm³/mol. The van der Waals surface area contributed by atoms with Gasteiger partial charge in [0.15, 0.2) is 0 Å². The number of oxime groups is 1. The number of nitro groups is 1. The lowest BCUT2D eigenvalue weighted by Gasteiger charge is -2.06. The minimum absolute atomic E-state index is 0.0293. The first-order valence-corrected chi connectivity index (χ1v) is 6.48. The SMILES string of the molecule is O=[N+]([O-])c1ccc(Nc2c(/C=N/O)[nH]c3ccccc23)cc1. The van der Waals surface area contributed by atoms with Gasteiger partial charge in [0.2, 0.25) is 0 Å². The second-order valence-electron chi connectivity index (χ2n) is 4.63. The summed E-state index contributed by atoms with van der Waals surface area (Å²) in [6, 6.07) is 13.7. The minimum Gasteiger partial charge on any atom is -0.411 e. The van der Waals surface area contributed by atoms with Gasteiger partial charge in [-0.15, -0.1) is 0 Å². The molecule has 0 atom stereocenters. The molecule has 0 aliphatic rings. The van der Waals surface area contributed by atoms with E-state index in [-0.39, 0.29) is 5.69 Å². The Labute approximate surface area is 125 Å². The molecular formula is C15H12N4O3. The zero-order valence-corrected chi connectivity index (χ0v) is 11.4. The largest absolute Gasteiger partial charge is 0.411 e. The summed E-state index contributed by atoms with van der Waals surface area (Å²) in [6.45, 7) is 0. The fourth-order valence-electron chi connectivity index (χ4n) is 2.26. The fraction of sp³-hybridized carbons (Fsp3) is 0. The molecule has 0 radical (unpaired) electrons. The molecule has 3 aromatic rings. The zero-order chi connectivity index (χ0) is 15.5. The maximum absolute atomic E-state index is 10.7. The number of anilines is 2. The van der Waals surface area contributed by atoms with Gasteiger partial charge < -0.3 is 15.5 Å². The Morgan fingerprint density at radius 2 is 1.91 bits per heavy atom. The lowest BCUT2D eigenvalue weighted by atomic mass is 10.2. The third kappa shape index (κ3) is 2.47. The molecule has 1 heterocycles. The van der Waals surface area contributed by atoms with Crippen molar-refractivity contribution in [2.24, 2.45) is 5.16 Å². The lowest BCUT2D eigenvalue weighted by molar-refractivity contribution is -0.384. The van der Waals surface area contributed by atoms with Gasteiger partial charge >= 0.3 is 0 Å². The Morgan fingerprint density at radius 1 is 1.18 bits per heavy atom. The summed E-state index contributed by atoms with van der Waals surface area (Å²) in [5.74, 6) is 0. The van der Waals surface area contributed by atoms with E-state index in [4.69, 9.17) is 5.21 Å². The highest BCUT2D eigenvalue weighted by Crippen LogP contribution is 2.30. The summed E-state index contributed by atoms with van der Waals surface area (Å²) in [5, 5.41) is 26.6. The number of hydrogen-bond acceptors (Lipinski definition) is 5. The van der Waals surface area contributed by atoms with Crippen molar-refractivity contribution in [3.63, 3.8) is 0 Å². The third-order valence-electron chi connectivity index (χ3n) is 3.27. The van der Waals surface area contributed by atoms with Gasteiger partial charge in [-0.1, -0.05) is 23.4 Å². The van der Waals surface area contributed by atoms with Crippen LogP contribution in [-0.2, 0) is 0 Å². The van der Waals surface area contributed by atoms with Crippen molar-refractivity contribution in [3.8, 4) is 0 Å². The standard InChI is InChI=1S/C15H12N4O3/c20-16-9-14-15(12-3-1-2-4-13(12)18-14)17-10-5-7-11(8-6-10)19(21)22/h1-9,17-18,20H/b16-9+. The number of nitrogens with one attached hydrogen (secondary N) is 2. The first-order chi connectivity index (χ1) is 10.7. The van der Waals surface area contributed by atoms with Gasteiger partial charge in [0.1, 0.15) is 0 Å². The van der Waals surface area contributed by atoms with E-state index in [1.54, 1.807) is 12.1 Å². The number of para-hydroxylation sites is 1. The van der Waals surface area contributed by atoms with E-state index >= 15 is 0 Å². The Kier molecular flexibility index (Phi) is 3.45. The molecule has 0 amide bonds. The van der Waals surface area contributed by atoms with Crippen LogP contribution in [0.4, 0.5) is 17.1 Å². The summed E-state index contributed by atoms with van der Waals surface area (Å²) < 4.78 is 0. The molecule has 22 heavy (non-hydrogen) atoms. The van der Waals surface area contributed by atoms with Crippen molar-refractivity contribution in [1.82, 2.24) is 4.98 Å². The molecule has 7 heteroatoms. The Hall–Kier alpha value is -3.35. The molecule has 0 saturated carbocycles. The first kappa shape index (κ1) is 13.6. The number of nitro benzene ring substituents is 1. The molecule has 2 aromatic carbocycles. The molecule has 0 aliphatic heterocycles. The number of nitrogens with zero attached hydrogens (tertiary/aromatic N) is 2. The number of benzene rings is 2. The van der Waals surface area contributed by atoms with Crippen LogP contribution < -0.4 is 5.32 Å². The highest BCUT2D eigenvalue weighted by Gasteiger charge is 2.11. The number of aromatic amines is 1. The number of non-ortho nitro benzene ring substituents is 1. The molecule has 0 fully saturated rings. The number of fused-ring (bicyclic) bond motifs is 1. The average Bonchev–Trinajstić information content (AvgIpc) is 2.86. The minimum atomic E-state index is -0.445. The number of H-pyrrole nitrogens is 1. The first-order valence-electron chi connectivity index (χ1n) is 6.48. The summed E-state index contributed by atoms with van der Waals surface area (Å²) in [7, 11) is 0. The fourth-order valence-corrected chi connectivity index (χ4v) is 2.26. The average molecular weight is 296 g/mol. The van der Waals surface area contributed by atoms with E-state index in [1.807, 2.05) is 24.3 Å². The van der Waals surface area contributed by atoms with Crippen LogP contribution in [0.25, 0.3) is 10.9 Å². The quantitative estimate of drug-likeness (QED) is 0.296. The van der Waals surface area contributed by atoms with Crippen LogP contribution in [-0.4, -0.2) is 21.3 Å². The van der Waals surface area contributed by atoms with Crippen LogP contribution in [0.3, 0.4) is 0 Å². The van der Waals surface area contributed by atoms with Crippen molar-refractivity contribution < 1.29 is 10.1 Å². The summed E-state index contributed by atoms with van der Waals surface area (Å²) in [4.78, 5) is 13.4. The lowest BCUT2D eigenvalue weighted by Crippen LogP contribution is -1.94. The Morgan fingerprint density at radius 3 is 2.59 bits per heavy atom. The maximum atomic E-state index is 10.7. The smallest absolute Gasteiger partial charge is 0.269 e. The molecule has 0 spiro atoms. The third-order valence-corrected chi connectivity index (χ3v) is 3.27. The van der Waals surface area contributed by atoms with E-state index < -0.39 is 4.92 Å². The molecule has 3 N–H and O–H groups in total. The summed E-state index contributed by atoms with van der Waals surface area (Å²) in [5.41, 5.74) is 2.97. The summed E-state index contributed by atoms with van der Waals surface area (Å²) >= 11 is 0. The van der Waals surface area contributed by atoms with Gasteiger partial charge in [-0.3, -0.25) is 10.1 Å². The van der Waals surface area contributed by atoms with Gasteiger partial charge in [0, 0.05) is 28.7 Å². The molecule has 110 valence electrons. The highest BCUT2D eigenvalue weighted by atomic mass is 16.6. The van der Waals surface area contributed by atoms with E-state index in [2.05, 4.69) is 15.5 Å². The van der Waals surface area contributed by atoms with E-state index in [1.165, 1.54) is 18.3 Å². The van der Waals surface area contributed by atoms with Crippen molar-refractivity contribution in [2.45, 2.75) is 0 Å². The second-order valence-corrected chi connectivity index (χ2v) is 4.63. The topological polar surface area (TPSA) is 104 Å². The van der Waals surface area contributed by atoms with E-state index in [0.29, 0.717) is 11.4 Å². The van der Waals surface area contributed by atoms with Crippen molar-refractivity contribution in [2.75, 3.05) is 5.32 Å². The van der Waals surface area contributed by atoms with Crippen molar-refractivity contribution in [1.29, 1.82) is 0 Å². The number of aromatic nitrogens is 1. The molecule has 0 bridgehead atoms. The van der Waals surface area contributed by atoms with Gasteiger partial charge in [-0.2, -0.15) is 0 Å². The van der Waals surface area contributed by atoms with Crippen LogP contribution in [0.15, 0.2) is 53.7 Å². The van der Waals surface area contributed by atoms with E-state index in [9.17, 15) is 10.1 Å². The number of rotatable bonds is 4. The normalized spacial score (nSPS) is 11.1. The van der Waals surface area contributed by atoms with Gasteiger partial charge in [0.25, 0.3) is 5.69 Å². The van der Waals surface area contributed by atoms with Crippen molar-refractivity contribution >= 4 is 34.2 Å². The molecule has 1 aromatic heterocycles. The zero-order valence-electron chi connectivity index (χ0n) is 11.4. The van der Waals surface area contributed by atoms with Gasteiger partial charge in [-0.05, 0) is 18.2 Å². The molecular weight excluding hydrogens is 284 g/mol. The monoisotopic (exact) mass is 296 g/mol. The van der Waals surface area contributed by atoms with Crippen LogP contribution in [0.1, 0.15) is 5.69 Å². The molecule has 0 saturated heterocycles. The maximum Gasteiger partial charge on any atom is 0.269 e. The van der Waals surface area contributed by atoms with E-state index in [0.717, 1.165) is 16.6 Å². The van der Waals surface area contributed by atoms with Gasteiger partial charge in [-0.25, -0.2) is 0 Å². The molecule has 3 rings (SSSR count). The Bertz CT molecular complexity index is 853. The molecule has 0 aliphatic carbocycles. The number of hydrogen-bond donors (Lipinski definition) is 3. The van der Waals surface area contributed by atoms with Crippen LogP contribution >= 0.6 is 0 Å². The predicted octanol–water partition coefficient (Wildman–Crippen LogP) is 3.63.